The Morgan fingerprint density at radius 3 is 2.70 bits per heavy atom. The molecular weight excluding hydrogens is 372 g/mol. The Morgan fingerprint density at radius 1 is 1.26 bits per heavy atom. The van der Waals surface area contributed by atoms with E-state index >= 15 is 0 Å². The number of furan rings is 1. The van der Waals surface area contributed by atoms with E-state index in [1.54, 1.807) is 43.3 Å². The summed E-state index contributed by atoms with van der Waals surface area (Å²) in [6.45, 7) is 1.84. The lowest BCUT2D eigenvalue weighted by Crippen LogP contribution is -2.13. The smallest absolute Gasteiger partial charge is 0.346 e. The van der Waals surface area contributed by atoms with E-state index < -0.39 is 11.9 Å². The zero-order chi connectivity index (χ0) is 19.2. The van der Waals surface area contributed by atoms with E-state index in [0.717, 1.165) is 0 Å². The lowest BCUT2D eigenvalue weighted by atomic mass is 10.1. The van der Waals surface area contributed by atoms with Crippen molar-refractivity contribution in [2.75, 3.05) is 11.9 Å². The third kappa shape index (κ3) is 4.45. The first-order valence-corrected chi connectivity index (χ1v) is 8.41. The molecule has 3 rings (SSSR count). The van der Waals surface area contributed by atoms with Gasteiger partial charge < -0.3 is 13.7 Å². The summed E-state index contributed by atoms with van der Waals surface area (Å²) in [6.07, 6.45) is 4.22. The van der Waals surface area contributed by atoms with Crippen LogP contribution in [0.15, 0.2) is 57.7 Å². The van der Waals surface area contributed by atoms with Crippen LogP contribution < -0.4 is 5.32 Å². The molecular formula is C19H15ClN2O5. The molecule has 8 heteroatoms. The van der Waals surface area contributed by atoms with E-state index in [4.69, 9.17) is 25.3 Å². The summed E-state index contributed by atoms with van der Waals surface area (Å²) >= 11 is 5.89. The van der Waals surface area contributed by atoms with Crippen LogP contribution in [-0.2, 0) is 9.53 Å². The number of ether oxygens (including phenoxy) is 1. The number of hydrogen-bond acceptors (Lipinski definition) is 6. The van der Waals surface area contributed by atoms with Crippen molar-refractivity contribution < 1.29 is 23.3 Å². The van der Waals surface area contributed by atoms with Gasteiger partial charge in [0.1, 0.15) is 11.5 Å². The Kier molecular flexibility index (Phi) is 5.73. The molecule has 7 nitrogen and oxygen atoms in total. The molecule has 0 atom stereocenters. The first-order valence-electron chi connectivity index (χ1n) is 8.03. The molecule has 0 unspecified atom stereocenters. The van der Waals surface area contributed by atoms with Crippen LogP contribution in [0, 0.1) is 0 Å². The van der Waals surface area contributed by atoms with Crippen LogP contribution in [0.25, 0.3) is 17.3 Å². The van der Waals surface area contributed by atoms with Crippen molar-refractivity contribution in [3.8, 4) is 11.3 Å². The number of halogens is 1. The minimum atomic E-state index is -0.658. The predicted molar refractivity (Wildman–Crippen MR) is 99.3 cm³/mol. The number of aromatic nitrogens is 1. The van der Waals surface area contributed by atoms with Crippen molar-refractivity contribution in [2.24, 2.45) is 0 Å². The largest absolute Gasteiger partial charge is 0.465 e. The van der Waals surface area contributed by atoms with Crippen LogP contribution in [0.5, 0.6) is 0 Å². The Bertz CT molecular complexity index is 959. The van der Waals surface area contributed by atoms with Crippen LogP contribution >= 0.6 is 11.6 Å². The molecule has 2 aromatic heterocycles. The molecule has 2 heterocycles. The van der Waals surface area contributed by atoms with E-state index in [-0.39, 0.29) is 23.7 Å². The lowest BCUT2D eigenvalue weighted by molar-refractivity contribution is -0.112. The van der Waals surface area contributed by atoms with Gasteiger partial charge in [0, 0.05) is 16.7 Å². The summed E-state index contributed by atoms with van der Waals surface area (Å²) in [4.78, 5) is 24.5. The van der Waals surface area contributed by atoms with Gasteiger partial charge in [-0.05, 0) is 37.3 Å². The van der Waals surface area contributed by atoms with E-state index in [1.807, 2.05) is 0 Å². The number of nitrogens with zero attached hydrogens (tertiary/aromatic N) is 1. The fourth-order valence-corrected chi connectivity index (χ4v) is 2.40. The summed E-state index contributed by atoms with van der Waals surface area (Å²) < 4.78 is 15.4. The molecule has 0 aliphatic rings. The highest BCUT2D eigenvalue weighted by atomic mass is 35.5. The number of anilines is 1. The van der Waals surface area contributed by atoms with Crippen molar-refractivity contribution in [3.63, 3.8) is 0 Å². The summed E-state index contributed by atoms with van der Waals surface area (Å²) in [6, 6.07) is 10.1. The second kappa shape index (κ2) is 8.37. The van der Waals surface area contributed by atoms with Crippen molar-refractivity contribution in [1.29, 1.82) is 0 Å². The highest BCUT2D eigenvalue weighted by molar-refractivity contribution is 6.30. The Morgan fingerprint density at radius 2 is 2.04 bits per heavy atom. The van der Waals surface area contributed by atoms with Crippen LogP contribution in [0.2, 0.25) is 5.02 Å². The molecule has 27 heavy (non-hydrogen) atoms. The monoisotopic (exact) mass is 386 g/mol. The number of esters is 1. The lowest BCUT2D eigenvalue weighted by Gasteiger charge is -2.04. The molecule has 0 saturated heterocycles. The van der Waals surface area contributed by atoms with Gasteiger partial charge in [-0.1, -0.05) is 28.9 Å². The van der Waals surface area contributed by atoms with Crippen molar-refractivity contribution in [3.05, 3.63) is 65.1 Å². The maximum atomic E-state index is 12.4. The Balaban J connectivity index is 1.89. The predicted octanol–water partition coefficient (Wildman–Crippen LogP) is 4.42. The summed E-state index contributed by atoms with van der Waals surface area (Å²) in [5.41, 5.74) is 0.868. The molecule has 0 radical (unpaired) electrons. The SMILES string of the molecule is CCOC(=O)c1c(-c2ccc(Cl)cc2)noc1NC(=O)/C=C/c1ccco1. The van der Waals surface area contributed by atoms with Crippen molar-refractivity contribution in [2.45, 2.75) is 6.92 Å². The zero-order valence-electron chi connectivity index (χ0n) is 14.3. The maximum absolute atomic E-state index is 12.4. The average Bonchev–Trinajstić information content (AvgIpc) is 3.31. The molecule has 3 aromatic rings. The van der Waals surface area contributed by atoms with Gasteiger partial charge in [-0.15, -0.1) is 0 Å². The number of hydrogen-bond donors (Lipinski definition) is 1. The molecule has 0 bridgehead atoms. The van der Waals surface area contributed by atoms with Crippen LogP contribution in [0.3, 0.4) is 0 Å². The van der Waals surface area contributed by atoms with Gasteiger partial charge >= 0.3 is 5.97 Å². The Labute approximate surface area is 159 Å². The summed E-state index contributed by atoms with van der Waals surface area (Å²) in [5.74, 6) is -0.771. The first kappa shape index (κ1) is 18.5. The van der Waals surface area contributed by atoms with Crippen LogP contribution in [-0.4, -0.2) is 23.6 Å². The number of rotatable bonds is 6. The zero-order valence-corrected chi connectivity index (χ0v) is 15.0. The van der Waals surface area contributed by atoms with E-state index in [1.165, 1.54) is 18.4 Å². The van der Waals surface area contributed by atoms with Gasteiger partial charge in [0.25, 0.3) is 5.91 Å². The van der Waals surface area contributed by atoms with Crippen LogP contribution in [0.1, 0.15) is 23.0 Å². The second-order valence-corrected chi connectivity index (χ2v) is 5.74. The van der Waals surface area contributed by atoms with Gasteiger partial charge in [-0.2, -0.15) is 0 Å². The van der Waals surface area contributed by atoms with Gasteiger partial charge in [0.2, 0.25) is 5.88 Å². The molecule has 1 amide bonds. The fraction of sp³-hybridized carbons (Fsp3) is 0.105. The summed E-state index contributed by atoms with van der Waals surface area (Å²) in [7, 11) is 0. The van der Waals surface area contributed by atoms with Gasteiger partial charge in [-0.3, -0.25) is 10.1 Å². The topological polar surface area (TPSA) is 94.6 Å². The molecule has 138 valence electrons. The number of carbonyl (C=O) groups excluding carboxylic acids is 2. The molecule has 0 aliphatic heterocycles. The van der Waals surface area contributed by atoms with Gasteiger partial charge in [-0.25, -0.2) is 4.79 Å². The molecule has 0 spiro atoms. The highest BCUT2D eigenvalue weighted by Gasteiger charge is 2.26. The average molecular weight is 387 g/mol. The van der Waals surface area contributed by atoms with Gasteiger partial charge in [0.05, 0.1) is 12.9 Å². The minimum absolute atomic E-state index is 0.0268. The third-order valence-corrected chi connectivity index (χ3v) is 3.72. The van der Waals surface area contributed by atoms with E-state index in [2.05, 4.69) is 10.5 Å². The number of amides is 1. The fourth-order valence-electron chi connectivity index (χ4n) is 2.27. The van der Waals surface area contributed by atoms with E-state index in [9.17, 15) is 9.59 Å². The van der Waals surface area contributed by atoms with Crippen molar-refractivity contribution >= 4 is 35.4 Å². The molecule has 0 saturated carbocycles. The molecule has 0 fully saturated rings. The minimum Gasteiger partial charge on any atom is -0.465 e. The number of nitrogens with one attached hydrogen (secondary N) is 1. The number of carbonyl (C=O) groups is 2. The van der Waals surface area contributed by atoms with Crippen LogP contribution in [0.4, 0.5) is 5.88 Å². The highest BCUT2D eigenvalue weighted by Crippen LogP contribution is 2.30. The molecule has 1 N–H and O–H groups in total. The van der Waals surface area contributed by atoms with Gasteiger partial charge in [0.15, 0.2) is 5.56 Å². The summed E-state index contributed by atoms with van der Waals surface area (Å²) in [5, 5.41) is 6.94. The standard InChI is InChI=1S/C19H15ClN2O5/c1-2-25-19(24)16-17(12-5-7-13(20)8-6-12)22-27-18(16)21-15(23)10-9-14-4-3-11-26-14/h3-11H,2H2,1H3,(H,21,23)/b10-9+. The first-order chi connectivity index (χ1) is 13.1. The van der Waals surface area contributed by atoms with Crippen molar-refractivity contribution in [1.82, 2.24) is 5.16 Å². The third-order valence-electron chi connectivity index (χ3n) is 3.47. The normalized spacial score (nSPS) is 10.9. The van der Waals surface area contributed by atoms with E-state index in [0.29, 0.717) is 16.3 Å². The number of benzene rings is 1. The maximum Gasteiger partial charge on any atom is 0.346 e. The molecule has 1 aromatic carbocycles. The Hall–Kier alpha value is -3.32. The quantitative estimate of drug-likeness (QED) is 0.498. The molecule has 0 aliphatic carbocycles. The second-order valence-electron chi connectivity index (χ2n) is 5.30.